The van der Waals surface area contributed by atoms with Crippen LogP contribution in [-0.2, 0) is 10.0 Å². The molecule has 0 bridgehead atoms. The number of aromatic nitrogens is 1. The van der Waals surface area contributed by atoms with E-state index in [0.29, 0.717) is 4.90 Å². The summed E-state index contributed by atoms with van der Waals surface area (Å²) in [6.07, 6.45) is 5.96. The summed E-state index contributed by atoms with van der Waals surface area (Å²) in [7, 11) is -1.50. The van der Waals surface area contributed by atoms with Crippen molar-refractivity contribution < 1.29 is 8.42 Å². The van der Waals surface area contributed by atoms with Crippen molar-refractivity contribution in [1.29, 1.82) is 0 Å². The summed E-state index contributed by atoms with van der Waals surface area (Å²) >= 11 is 0. The summed E-state index contributed by atoms with van der Waals surface area (Å²) in [5.74, 6) is 0. The Balaban J connectivity index is 1.89. The van der Waals surface area contributed by atoms with Crippen LogP contribution in [0.3, 0.4) is 0 Å². The summed E-state index contributed by atoms with van der Waals surface area (Å²) < 4.78 is 27.8. The van der Waals surface area contributed by atoms with Crippen molar-refractivity contribution in [1.82, 2.24) is 8.87 Å². The van der Waals surface area contributed by atoms with E-state index in [0.717, 1.165) is 42.4 Å². The lowest BCUT2D eigenvalue weighted by atomic mass is 10.0. The van der Waals surface area contributed by atoms with Gasteiger partial charge in [0.15, 0.2) is 0 Å². The number of rotatable bonds is 3. The molecule has 2 heterocycles. The smallest absolute Gasteiger partial charge is 0.268 e. The highest BCUT2D eigenvalue weighted by Gasteiger charge is 2.22. The molecule has 1 aliphatic heterocycles. The Morgan fingerprint density at radius 1 is 0.923 bits per heavy atom. The maximum absolute atomic E-state index is 13.2. The van der Waals surface area contributed by atoms with Crippen LogP contribution in [0.1, 0.15) is 18.4 Å². The topological polar surface area (TPSA) is 42.3 Å². The molecule has 5 heteroatoms. The minimum Gasteiger partial charge on any atom is -0.306 e. The number of benzene rings is 2. The van der Waals surface area contributed by atoms with E-state index in [9.17, 15) is 8.42 Å². The van der Waals surface area contributed by atoms with Gasteiger partial charge in [0.25, 0.3) is 10.0 Å². The second kappa shape index (κ2) is 6.74. The maximum atomic E-state index is 13.2. The van der Waals surface area contributed by atoms with Crippen LogP contribution >= 0.6 is 0 Å². The van der Waals surface area contributed by atoms with Crippen molar-refractivity contribution in [2.45, 2.75) is 17.7 Å². The molecule has 4 nitrogen and oxygen atoms in total. The van der Waals surface area contributed by atoms with Gasteiger partial charge in [0, 0.05) is 30.2 Å². The Bertz CT molecular complexity index is 1070. The molecular formula is C21H22N2O2S. The van der Waals surface area contributed by atoms with Crippen LogP contribution in [-0.4, -0.2) is 37.4 Å². The van der Waals surface area contributed by atoms with Gasteiger partial charge in [0.05, 0.1) is 10.4 Å². The Morgan fingerprint density at radius 3 is 2.46 bits per heavy atom. The van der Waals surface area contributed by atoms with E-state index in [-0.39, 0.29) is 0 Å². The molecule has 4 rings (SSSR count). The van der Waals surface area contributed by atoms with Gasteiger partial charge in [0.2, 0.25) is 0 Å². The molecule has 0 fully saturated rings. The highest BCUT2D eigenvalue weighted by molar-refractivity contribution is 7.90. The van der Waals surface area contributed by atoms with Crippen molar-refractivity contribution in [3.05, 3.63) is 72.4 Å². The van der Waals surface area contributed by atoms with Gasteiger partial charge in [-0.15, -0.1) is 0 Å². The van der Waals surface area contributed by atoms with Crippen LogP contribution in [0.25, 0.3) is 16.5 Å². The number of hydrogen-bond acceptors (Lipinski definition) is 3. The molecule has 0 saturated carbocycles. The van der Waals surface area contributed by atoms with Gasteiger partial charge in [-0.3, -0.25) is 0 Å². The Hall–Kier alpha value is -2.37. The lowest BCUT2D eigenvalue weighted by Crippen LogP contribution is -2.18. The first-order valence-electron chi connectivity index (χ1n) is 8.86. The molecule has 0 radical (unpaired) electrons. The Kier molecular flexibility index (Phi) is 4.42. The average molecular weight is 366 g/mol. The second-order valence-electron chi connectivity index (χ2n) is 6.75. The number of para-hydroxylation sites is 1. The van der Waals surface area contributed by atoms with E-state index < -0.39 is 10.0 Å². The molecule has 0 spiro atoms. The molecule has 1 aromatic heterocycles. The summed E-state index contributed by atoms with van der Waals surface area (Å²) in [4.78, 5) is 2.62. The van der Waals surface area contributed by atoms with Gasteiger partial charge >= 0.3 is 0 Å². The third kappa shape index (κ3) is 2.97. The first-order chi connectivity index (χ1) is 12.6. The Labute approximate surface area is 154 Å². The third-order valence-corrected chi connectivity index (χ3v) is 6.68. The van der Waals surface area contributed by atoms with E-state index in [4.69, 9.17) is 0 Å². The fourth-order valence-electron chi connectivity index (χ4n) is 3.54. The number of hydrogen-bond donors (Lipinski definition) is 0. The molecule has 0 amide bonds. The summed E-state index contributed by atoms with van der Waals surface area (Å²) in [5.41, 5.74) is 2.98. The minimum absolute atomic E-state index is 0.307. The molecule has 26 heavy (non-hydrogen) atoms. The monoisotopic (exact) mass is 366 g/mol. The van der Waals surface area contributed by atoms with E-state index in [1.54, 1.807) is 30.5 Å². The number of nitrogens with zero attached hydrogens (tertiary/aromatic N) is 2. The second-order valence-corrected chi connectivity index (χ2v) is 8.56. The molecule has 0 atom stereocenters. The van der Waals surface area contributed by atoms with E-state index in [1.165, 1.54) is 9.55 Å². The fraction of sp³-hybridized carbons (Fsp3) is 0.238. The lowest BCUT2D eigenvalue weighted by molar-refractivity contribution is 0.355. The van der Waals surface area contributed by atoms with Crippen LogP contribution in [0, 0.1) is 0 Å². The third-order valence-electron chi connectivity index (χ3n) is 4.99. The molecule has 1 aliphatic rings. The fourth-order valence-corrected chi connectivity index (χ4v) is 4.93. The quantitative estimate of drug-likeness (QED) is 0.704. The van der Waals surface area contributed by atoms with Gasteiger partial charge in [-0.1, -0.05) is 42.5 Å². The van der Waals surface area contributed by atoms with Crippen molar-refractivity contribution in [2.24, 2.45) is 0 Å². The van der Waals surface area contributed by atoms with Gasteiger partial charge in [0.1, 0.15) is 0 Å². The molecule has 0 saturated heterocycles. The van der Waals surface area contributed by atoms with Crippen molar-refractivity contribution in [3.8, 4) is 0 Å². The van der Waals surface area contributed by atoms with Gasteiger partial charge < -0.3 is 4.90 Å². The molecular weight excluding hydrogens is 344 g/mol. The van der Waals surface area contributed by atoms with Crippen LogP contribution in [0.5, 0.6) is 0 Å². The molecule has 2 aromatic carbocycles. The van der Waals surface area contributed by atoms with Crippen LogP contribution < -0.4 is 0 Å². The SMILES string of the molecule is CN1CCC=C(c2cn(S(=O)(=O)c3ccccc3)c3ccccc23)CC1. The highest BCUT2D eigenvalue weighted by Crippen LogP contribution is 2.32. The Morgan fingerprint density at radius 2 is 1.65 bits per heavy atom. The van der Waals surface area contributed by atoms with E-state index >= 15 is 0 Å². The zero-order valence-corrected chi connectivity index (χ0v) is 15.6. The zero-order valence-electron chi connectivity index (χ0n) is 14.8. The normalized spacial score (nSPS) is 16.4. The van der Waals surface area contributed by atoms with Gasteiger partial charge in [-0.25, -0.2) is 12.4 Å². The molecule has 0 unspecified atom stereocenters. The molecule has 134 valence electrons. The zero-order chi connectivity index (χ0) is 18.1. The standard InChI is InChI=1S/C21H22N2O2S/c1-22-14-7-8-17(13-15-22)20-16-23(21-12-6-5-11-19(20)21)26(24,25)18-9-3-2-4-10-18/h2-6,8-12,16H,7,13-15H2,1H3. The number of fused-ring (bicyclic) bond motifs is 1. The summed E-state index contributed by atoms with van der Waals surface area (Å²) in [6, 6.07) is 16.4. The van der Waals surface area contributed by atoms with E-state index in [1.807, 2.05) is 30.3 Å². The molecule has 3 aromatic rings. The predicted octanol–water partition coefficient (Wildman–Crippen LogP) is 3.99. The van der Waals surface area contributed by atoms with Gasteiger partial charge in [-0.2, -0.15) is 0 Å². The first kappa shape index (κ1) is 17.1. The van der Waals surface area contributed by atoms with Crippen LogP contribution in [0.2, 0.25) is 0 Å². The van der Waals surface area contributed by atoms with Gasteiger partial charge in [-0.05, 0) is 43.7 Å². The average Bonchev–Trinajstić information content (AvgIpc) is 2.93. The van der Waals surface area contributed by atoms with Crippen LogP contribution in [0.15, 0.2) is 71.8 Å². The highest BCUT2D eigenvalue weighted by atomic mass is 32.2. The molecule has 0 N–H and O–H groups in total. The predicted molar refractivity (Wildman–Crippen MR) is 106 cm³/mol. The van der Waals surface area contributed by atoms with Crippen molar-refractivity contribution >= 4 is 26.5 Å². The van der Waals surface area contributed by atoms with Crippen molar-refractivity contribution in [2.75, 3.05) is 20.1 Å². The lowest BCUT2D eigenvalue weighted by Gasteiger charge is -2.12. The van der Waals surface area contributed by atoms with Crippen LogP contribution in [0.4, 0.5) is 0 Å². The minimum atomic E-state index is -3.62. The summed E-state index contributed by atoms with van der Waals surface area (Å²) in [5, 5.41) is 0.989. The first-order valence-corrected chi connectivity index (χ1v) is 10.3. The largest absolute Gasteiger partial charge is 0.306 e. The van der Waals surface area contributed by atoms with E-state index in [2.05, 4.69) is 18.0 Å². The maximum Gasteiger partial charge on any atom is 0.268 e. The van der Waals surface area contributed by atoms with Crippen molar-refractivity contribution in [3.63, 3.8) is 0 Å². The molecule has 0 aliphatic carbocycles. The summed E-state index contributed by atoms with van der Waals surface area (Å²) in [6.45, 7) is 2.02.